The fraction of sp³-hybridized carbons (Fsp3) is 0.727. The van der Waals surface area contributed by atoms with Gasteiger partial charge in [-0.3, -0.25) is 4.99 Å². The summed E-state index contributed by atoms with van der Waals surface area (Å²) < 4.78 is 24.2. The first-order chi connectivity index (χ1) is 8.51. The van der Waals surface area contributed by atoms with Crippen molar-refractivity contribution in [2.45, 2.75) is 25.8 Å². The lowest BCUT2D eigenvalue weighted by atomic mass is 10.2. The summed E-state index contributed by atoms with van der Waals surface area (Å²) in [5.41, 5.74) is 0. The zero-order valence-corrected chi connectivity index (χ0v) is 14.5. The number of rotatable bonds is 6. The summed E-state index contributed by atoms with van der Waals surface area (Å²) in [5.74, 6) is 0.738. The smallest absolute Gasteiger partial charge is 0.208 e. The van der Waals surface area contributed by atoms with Crippen molar-refractivity contribution in [1.82, 2.24) is 15.4 Å². The largest absolute Gasteiger partial charge is 0.357 e. The monoisotopic (exact) mass is 402 g/mol. The first-order valence-electron chi connectivity index (χ1n) is 6.15. The van der Waals surface area contributed by atoms with Gasteiger partial charge in [0.15, 0.2) is 5.96 Å². The molecule has 0 fully saturated rings. The number of hydrogen-bond acceptors (Lipinski definition) is 3. The maximum absolute atomic E-state index is 10.9. The lowest BCUT2D eigenvalue weighted by molar-refractivity contribution is 0.588. The van der Waals surface area contributed by atoms with Gasteiger partial charge in [0, 0.05) is 19.1 Å². The third kappa shape index (κ3) is 9.22. The SMILES string of the molecule is CCNC(=NCCNS(C)(=O)=O)NC1CC=CC1.I. The molecule has 0 aromatic rings. The van der Waals surface area contributed by atoms with Crippen molar-refractivity contribution in [1.29, 1.82) is 0 Å². The third-order valence-electron chi connectivity index (χ3n) is 2.44. The molecule has 6 nitrogen and oxygen atoms in total. The van der Waals surface area contributed by atoms with E-state index in [1.165, 1.54) is 0 Å². The summed E-state index contributed by atoms with van der Waals surface area (Å²) in [5, 5.41) is 6.45. The van der Waals surface area contributed by atoms with Crippen LogP contribution in [0.25, 0.3) is 0 Å². The molecule has 19 heavy (non-hydrogen) atoms. The Morgan fingerprint density at radius 1 is 1.37 bits per heavy atom. The topological polar surface area (TPSA) is 82.6 Å². The highest BCUT2D eigenvalue weighted by Gasteiger charge is 2.11. The molecule has 0 saturated heterocycles. The Morgan fingerprint density at radius 2 is 2.00 bits per heavy atom. The Kier molecular flexibility index (Phi) is 9.36. The average Bonchev–Trinajstić information content (AvgIpc) is 2.76. The van der Waals surface area contributed by atoms with Crippen LogP contribution < -0.4 is 15.4 Å². The van der Waals surface area contributed by atoms with Gasteiger partial charge < -0.3 is 10.6 Å². The van der Waals surface area contributed by atoms with E-state index >= 15 is 0 Å². The fourth-order valence-corrected chi connectivity index (χ4v) is 2.11. The summed E-state index contributed by atoms with van der Waals surface area (Å²) in [4.78, 5) is 4.32. The predicted octanol–water partition coefficient (Wildman–Crippen LogP) is 0.427. The van der Waals surface area contributed by atoms with Crippen molar-refractivity contribution in [3.8, 4) is 0 Å². The average molecular weight is 402 g/mol. The number of guanidine groups is 1. The van der Waals surface area contributed by atoms with Crippen LogP contribution in [0, 0.1) is 0 Å². The minimum atomic E-state index is -3.13. The maximum atomic E-state index is 10.9. The molecule has 0 atom stereocenters. The van der Waals surface area contributed by atoms with Crippen LogP contribution >= 0.6 is 24.0 Å². The number of nitrogens with zero attached hydrogens (tertiary/aromatic N) is 1. The fourth-order valence-electron chi connectivity index (χ4n) is 1.65. The van der Waals surface area contributed by atoms with Crippen LogP contribution in [0.2, 0.25) is 0 Å². The van der Waals surface area contributed by atoms with Crippen LogP contribution in [0.5, 0.6) is 0 Å². The van der Waals surface area contributed by atoms with E-state index in [1.807, 2.05) is 6.92 Å². The van der Waals surface area contributed by atoms with E-state index in [0.717, 1.165) is 31.6 Å². The summed E-state index contributed by atoms with van der Waals surface area (Å²) in [7, 11) is -3.13. The van der Waals surface area contributed by atoms with Crippen LogP contribution in [0.3, 0.4) is 0 Å². The van der Waals surface area contributed by atoms with Gasteiger partial charge in [-0.1, -0.05) is 12.2 Å². The standard InChI is InChI=1S/C11H22N4O2S.HI/c1-3-12-11(15-10-6-4-5-7-10)13-8-9-14-18(2,16)17;/h4-5,10,14H,3,6-9H2,1-2H3,(H2,12,13,15);1H. The lowest BCUT2D eigenvalue weighted by Gasteiger charge is -2.16. The van der Waals surface area contributed by atoms with Crippen LogP contribution in [0.1, 0.15) is 19.8 Å². The second-order valence-electron chi connectivity index (χ2n) is 4.21. The molecule has 0 spiro atoms. The van der Waals surface area contributed by atoms with E-state index in [2.05, 4.69) is 32.5 Å². The van der Waals surface area contributed by atoms with E-state index in [9.17, 15) is 8.42 Å². The molecular weight excluding hydrogens is 379 g/mol. The number of hydrogen-bond donors (Lipinski definition) is 3. The van der Waals surface area contributed by atoms with Gasteiger partial charge in [0.05, 0.1) is 12.8 Å². The van der Waals surface area contributed by atoms with Crippen molar-refractivity contribution >= 4 is 40.0 Å². The molecule has 1 aliphatic carbocycles. The van der Waals surface area contributed by atoms with Crippen LogP contribution in [-0.2, 0) is 10.0 Å². The van der Waals surface area contributed by atoms with Crippen molar-refractivity contribution < 1.29 is 8.42 Å². The van der Waals surface area contributed by atoms with Gasteiger partial charge in [0.1, 0.15) is 0 Å². The highest BCUT2D eigenvalue weighted by molar-refractivity contribution is 14.0. The highest BCUT2D eigenvalue weighted by Crippen LogP contribution is 2.08. The maximum Gasteiger partial charge on any atom is 0.208 e. The first kappa shape index (κ1) is 18.7. The van der Waals surface area contributed by atoms with Crippen LogP contribution in [0.15, 0.2) is 17.1 Å². The molecule has 0 aromatic carbocycles. The second-order valence-corrected chi connectivity index (χ2v) is 6.04. The molecule has 1 rings (SSSR count). The van der Waals surface area contributed by atoms with Gasteiger partial charge in [0.25, 0.3) is 0 Å². The van der Waals surface area contributed by atoms with Crippen molar-refractivity contribution in [3.05, 3.63) is 12.2 Å². The molecular formula is C11H23IN4O2S. The number of halogens is 1. The van der Waals surface area contributed by atoms with Gasteiger partial charge in [-0.25, -0.2) is 13.1 Å². The van der Waals surface area contributed by atoms with Crippen LogP contribution in [0.4, 0.5) is 0 Å². The van der Waals surface area contributed by atoms with E-state index in [1.54, 1.807) is 0 Å². The van der Waals surface area contributed by atoms with Crippen molar-refractivity contribution in [3.63, 3.8) is 0 Å². The number of sulfonamides is 1. The molecule has 0 aliphatic heterocycles. The van der Waals surface area contributed by atoms with Crippen molar-refractivity contribution in [2.75, 3.05) is 25.9 Å². The van der Waals surface area contributed by atoms with Gasteiger partial charge in [-0.05, 0) is 19.8 Å². The Balaban J connectivity index is 0.00000324. The molecule has 0 saturated carbocycles. The Bertz CT molecular complexity index is 401. The Morgan fingerprint density at radius 3 is 2.53 bits per heavy atom. The molecule has 0 bridgehead atoms. The van der Waals surface area contributed by atoms with Gasteiger partial charge in [-0.2, -0.15) is 0 Å². The molecule has 0 heterocycles. The minimum absolute atomic E-state index is 0. The molecule has 8 heteroatoms. The highest BCUT2D eigenvalue weighted by atomic mass is 127. The van der Waals surface area contributed by atoms with E-state index < -0.39 is 10.0 Å². The van der Waals surface area contributed by atoms with E-state index in [4.69, 9.17) is 0 Å². The van der Waals surface area contributed by atoms with Gasteiger partial charge in [-0.15, -0.1) is 24.0 Å². The lowest BCUT2D eigenvalue weighted by Crippen LogP contribution is -2.42. The second kappa shape index (κ2) is 9.54. The summed E-state index contributed by atoms with van der Waals surface area (Å²) >= 11 is 0. The minimum Gasteiger partial charge on any atom is -0.357 e. The zero-order valence-electron chi connectivity index (χ0n) is 11.3. The zero-order chi connectivity index (χ0) is 13.4. The molecule has 3 N–H and O–H groups in total. The summed E-state index contributed by atoms with van der Waals surface area (Å²) in [6.45, 7) is 3.52. The van der Waals surface area contributed by atoms with Crippen LogP contribution in [-0.4, -0.2) is 46.3 Å². The molecule has 0 amide bonds. The molecule has 1 aliphatic rings. The van der Waals surface area contributed by atoms with E-state index in [-0.39, 0.29) is 24.0 Å². The van der Waals surface area contributed by atoms with Crippen molar-refractivity contribution in [2.24, 2.45) is 4.99 Å². The quantitative estimate of drug-likeness (QED) is 0.198. The normalized spacial score (nSPS) is 16.2. The molecule has 0 radical (unpaired) electrons. The third-order valence-corrected chi connectivity index (χ3v) is 3.17. The molecule has 0 unspecified atom stereocenters. The van der Waals surface area contributed by atoms with E-state index in [0.29, 0.717) is 19.1 Å². The Hall–Kier alpha value is -0.350. The van der Waals surface area contributed by atoms with Gasteiger partial charge in [0.2, 0.25) is 10.0 Å². The molecule has 0 aromatic heterocycles. The summed E-state index contributed by atoms with van der Waals surface area (Å²) in [6.07, 6.45) is 7.45. The summed E-state index contributed by atoms with van der Waals surface area (Å²) in [6, 6.07) is 0.394. The first-order valence-corrected chi connectivity index (χ1v) is 8.05. The number of aliphatic imine (C=N–C) groups is 1. The Labute approximate surface area is 132 Å². The predicted molar refractivity (Wildman–Crippen MR) is 89.5 cm³/mol. The van der Waals surface area contributed by atoms with Gasteiger partial charge >= 0.3 is 0 Å². The number of nitrogens with one attached hydrogen (secondary N) is 3. The molecule has 112 valence electrons.